The van der Waals surface area contributed by atoms with Crippen molar-refractivity contribution < 1.29 is 15.3 Å². The zero-order valence-electron chi connectivity index (χ0n) is 20.9. The second-order valence-electron chi connectivity index (χ2n) is 7.89. The lowest BCUT2D eigenvalue weighted by Crippen LogP contribution is -1.96. The first-order valence-corrected chi connectivity index (χ1v) is 15.4. The van der Waals surface area contributed by atoms with E-state index in [0.717, 1.165) is 42.2 Å². The van der Waals surface area contributed by atoms with Crippen LogP contribution in [0.4, 0.5) is 5.69 Å². The number of aliphatic hydroxyl groups excluding tert-OH is 3. The smallest absolute Gasteiger partial charge is 0.0439 e. The molecular formula is C28H37NO3S3. The Labute approximate surface area is 221 Å². The maximum atomic E-state index is 9.29. The summed E-state index contributed by atoms with van der Waals surface area (Å²) in [5, 5.41) is 38.8. The van der Waals surface area contributed by atoms with Crippen LogP contribution in [-0.2, 0) is 0 Å². The van der Waals surface area contributed by atoms with E-state index in [-0.39, 0.29) is 19.8 Å². The maximum absolute atomic E-state index is 9.29. The Morgan fingerprint density at radius 3 is 1.37 bits per heavy atom. The van der Waals surface area contributed by atoms with Crippen molar-refractivity contribution in [1.29, 1.82) is 0 Å². The molecule has 4 N–H and O–H groups in total. The van der Waals surface area contributed by atoms with E-state index in [1.807, 2.05) is 44.4 Å². The average molecular weight is 532 g/mol. The molecule has 0 fully saturated rings. The number of anilines is 1. The number of nitrogens with one attached hydrogen (secondary N) is 1. The summed E-state index contributed by atoms with van der Waals surface area (Å²) in [5.74, 6) is 2.64. The van der Waals surface area contributed by atoms with Gasteiger partial charge >= 0.3 is 0 Å². The van der Waals surface area contributed by atoms with Gasteiger partial charge in [0.2, 0.25) is 0 Å². The predicted molar refractivity (Wildman–Crippen MR) is 158 cm³/mol. The highest BCUT2D eigenvalue weighted by atomic mass is 32.2. The minimum atomic E-state index is 0.205. The molecule has 190 valence electrons. The van der Waals surface area contributed by atoms with Gasteiger partial charge in [0.15, 0.2) is 0 Å². The molecule has 0 radical (unpaired) electrons. The number of benzene rings is 4. The molecule has 0 aliphatic heterocycles. The van der Waals surface area contributed by atoms with Crippen LogP contribution in [0, 0.1) is 0 Å². The summed E-state index contributed by atoms with van der Waals surface area (Å²) in [7, 11) is 1.97. The minimum absolute atomic E-state index is 0.205. The molecule has 0 aromatic heterocycles. The van der Waals surface area contributed by atoms with Gasteiger partial charge in [0.05, 0.1) is 0 Å². The molecule has 0 bridgehead atoms. The van der Waals surface area contributed by atoms with Crippen molar-refractivity contribution in [1.82, 2.24) is 0 Å². The van der Waals surface area contributed by atoms with Gasteiger partial charge in [-0.15, -0.1) is 35.3 Å². The van der Waals surface area contributed by atoms with E-state index in [2.05, 4.69) is 41.7 Å². The third-order valence-electron chi connectivity index (χ3n) is 5.73. The first-order chi connectivity index (χ1) is 17.2. The van der Waals surface area contributed by atoms with Crippen LogP contribution in [0.1, 0.15) is 33.1 Å². The van der Waals surface area contributed by atoms with Gasteiger partial charge in [0.1, 0.15) is 0 Å². The van der Waals surface area contributed by atoms with Gasteiger partial charge in [0, 0.05) is 75.3 Å². The summed E-state index contributed by atoms with van der Waals surface area (Å²) < 4.78 is 0. The maximum Gasteiger partial charge on any atom is 0.0439 e. The van der Waals surface area contributed by atoms with E-state index in [1.165, 1.54) is 47.0 Å². The molecule has 0 spiro atoms. The third kappa shape index (κ3) is 6.32. The van der Waals surface area contributed by atoms with Crippen LogP contribution >= 0.6 is 35.3 Å². The van der Waals surface area contributed by atoms with Crippen LogP contribution in [0.25, 0.3) is 32.3 Å². The normalized spacial score (nSPS) is 11.4. The first-order valence-electron chi connectivity index (χ1n) is 12.4. The number of hydrogen-bond acceptors (Lipinski definition) is 7. The second kappa shape index (κ2) is 14.4. The molecule has 0 saturated carbocycles. The standard InChI is InChI=1S/C26H31NO3S3.C2H6/c1-27-21-15-22(31-12-2-9-28)18-7-8-20-24(33-14-4-11-30)16-23(32-13-3-10-29)19-6-5-17(21)25(18)26(19)20;1-2/h5-8,15-16,27-30H,2-4,9-14H2,1H3;1-2H3. The lowest BCUT2D eigenvalue weighted by Gasteiger charge is -2.20. The highest BCUT2D eigenvalue weighted by Crippen LogP contribution is 2.47. The van der Waals surface area contributed by atoms with Gasteiger partial charge in [-0.05, 0) is 52.9 Å². The van der Waals surface area contributed by atoms with E-state index >= 15 is 0 Å². The van der Waals surface area contributed by atoms with Gasteiger partial charge < -0.3 is 20.6 Å². The van der Waals surface area contributed by atoms with E-state index in [4.69, 9.17) is 0 Å². The number of rotatable bonds is 13. The average Bonchev–Trinajstić information content (AvgIpc) is 2.90. The van der Waals surface area contributed by atoms with E-state index in [9.17, 15) is 15.3 Å². The Morgan fingerprint density at radius 2 is 0.971 bits per heavy atom. The summed E-state index contributed by atoms with van der Waals surface area (Å²) in [6.07, 6.45) is 2.32. The van der Waals surface area contributed by atoms with Crippen molar-refractivity contribution in [2.75, 3.05) is 49.4 Å². The zero-order valence-corrected chi connectivity index (χ0v) is 23.3. The van der Waals surface area contributed by atoms with Gasteiger partial charge in [-0.2, -0.15) is 0 Å². The molecular weight excluding hydrogens is 495 g/mol. The highest BCUT2D eigenvalue weighted by molar-refractivity contribution is 8.00. The Kier molecular flexibility index (Phi) is 11.6. The lowest BCUT2D eigenvalue weighted by molar-refractivity contribution is 0.296. The Hall–Kier alpha value is -1.35. The molecule has 0 saturated heterocycles. The van der Waals surface area contributed by atoms with E-state index in [0.29, 0.717) is 0 Å². The van der Waals surface area contributed by atoms with Crippen LogP contribution in [0.5, 0.6) is 0 Å². The van der Waals surface area contributed by atoms with Crippen LogP contribution in [0.2, 0.25) is 0 Å². The molecule has 0 atom stereocenters. The van der Waals surface area contributed by atoms with Crippen LogP contribution in [-0.4, -0.2) is 59.4 Å². The Bertz CT molecular complexity index is 1190. The second-order valence-corrected chi connectivity index (χ2v) is 11.3. The monoisotopic (exact) mass is 531 g/mol. The SMILES string of the molecule is CC.CNc1cc(SCCCO)c2ccc3c(SCCCO)cc(SCCCO)c4ccc1c2c43. The molecule has 0 amide bonds. The van der Waals surface area contributed by atoms with Gasteiger partial charge in [-0.25, -0.2) is 0 Å². The molecule has 7 heteroatoms. The van der Waals surface area contributed by atoms with Crippen LogP contribution < -0.4 is 5.32 Å². The minimum Gasteiger partial charge on any atom is -0.396 e. The summed E-state index contributed by atoms with van der Waals surface area (Å²) in [4.78, 5) is 3.74. The zero-order chi connectivity index (χ0) is 25.2. The molecule has 0 unspecified atom stereocenters. The largest absolute Gasteiger partial charge is 0.396 e. The topological polar surface area (TPSA) is 72.7 Å². The fourth-order valence-corrected chi connectivity index (χ4v) is 7.34. The highest BCUT2D eigenvalue weighted by Gasteiger charge is 2.18. The van der Waals surface area contributed by atoms with E-state index in [1.54, 1.807) is 11.8 Å². The van der Waals surface area contributed by atoms with Crippen molar-refractivity contribution >= 4 is 73.3 Å². The molecule has 0 aliphatic carbocycles. The molecule has 4 rings (SSSR count). The Morgan fingerprint density at radius 1 is 0.600 bits per heavy atom. The van der Waals surface area contributed by atoms with Crippen molar-refractivity contribution in [3.8, 4) is 0 Å². The third-order valence-corrected chi connectivity index (χ3v) is 9.16. The quantitative estimate of drug-likeness (QED) is 0.0835. The molecule has 35 heavy (non-hydrogen) atoms. The summed E-state index contributed by atoms with van der Waals surface area (Å²) >= 11 is 5.42. The van der Waals surface area contributed by atoms with E-state index < -0.39 is 0 Å². The van der Waals surface area contributed by atoms with Crippen LogP contribution in [0.15, 0.2) is 51.1 Å². The summed E-state index contributed by atoms with van der Waals surface area (Å²) in [6, 6.07) is 13.5. The van der Waals surface area contributed by atoms with Crippen molar-refractivity contribution in [2.45, 2.75) is 47.8 Å². The summed E-state index contributed by atoms with van der Waals surface area (Å²) in [6.45, 7) is 4.62. The molecule has 0 heterocycles. The Balaban J connectivity index is 0.00000167. The molecule has 4 aromatic rings. The van der Waals surface area contributed by atoms with Gasteiger partial charge in [0.25, 0.3) is 0 Å². The molecule has 0 aliphatic rings. The summed E-state index contributed by atoms with van der Waals surface area (Å²) in [5.41, 5.74) is 1.12. The first kappa shape index (κ1) is 28.2. The fourth-order valence-electron chi connectivity index (χ4n) is 4.20. The predicted octanol–water partition coefficient (Wildman–Crippen LogP) is 7.08. The van der Waals surface area contributed by atoms with Gasteiger partial charge in [-0.1, -0.05) is 38.1 Å². The fraction of sp³-hybridized carbons (Fsp3) is 0.429. The number of thioether (sulfide) groups is 3. The van der Waals surface area contributed by atoms with Crippen molar-refractivity contribution in [2.24, 2.45) is 0 Å². The lowest BCUT2D eigenvalue weighted by atomic mass is 9.93. The molecule has 4 aromatic carbocycles. The van der Waals surface area contributed by atoms with Crippen molar-refractivity contribution in [3.05, 3.63) is 36.4 Å². The van der Waals surface area contributed by atoms with Crippen LogP contribution in [0.3, 0.4) is 0 Å². The van der Waals surface area contributed by atoms with Gasteiger partial charge in [-0.3, -0.25) is 0 Å². The number of aliphatic hydroxyl groups is 3. The van der Waals surface area contributed by atoms with Crippen molar-refractivity contribution in [3.63, 3.8) is 0 Å². The number of hydrogen-bond donors (Lipinski definition) is 4. The molecule has 4 nitrogen and oxygen atoms in total.